The highest BCUT2D eigenvalue weighted by Gasteiger charge is 2.19. The number of thioether (sulfide) groups is 1. The first-order chi connectivity index (χ1) is 10.4. The standard InChI is InChI=1S/C14H12F2N2O2S2/c1-7(22-11-3-2-8(15)6-10(11)16)13(20)18-14-9(12(17)19)4-5-21-14/h2-7H,1H3,(H2,17,19)(H,18,20)/t7-/m1/s1. The van der Waals surface area contributed by atoms with Crippen LogP contribution in [-0.2, 0) is 4.79 Å². The minimum absolute atomic E-state index is 0.172. The first kappa shape index (κ1) is 16.4. The number of anilines is 1. The lowest BCUT2D eigenvalue weighted by Gasteiger charge is -2.12. The summed E-state index contributed by atoms with van der Waals surface area (Å²) in [6.07, 6.45) is 0. The van der Waals surface area contributed by atoms with Gasteiger partial charge in [-0.3, -0.25) is 9.59 Å². The van der Waals surface area contributed by atoms with Crippen molar-refractivity contribution in [1.82, 2.24) is 0 Å². The topological polar surface area (TPSA) is 72.2 Å². The SMILES string of the molecule is C[C@@H](Sc1ccc(F)cc1F)C(=O)Nc1sccc1C(N)=O. The predicted molar refractivity (Wildman–Crippen MR) is 83.1 cm³/mol. The summed E-state index contributed by atoms with van der Waals surface area (Å²) in [5, 5.41) is 3.93. The molecule has 116 valence electrons. The maximum absolute atomic E-state index is 13.6. The third-order valence-corrected chi connectivity index (χ3v) is 4.72. The summed E-state index contributed by atoms with van der Waals surface area (Å²) in [6.45, 7) is 1.58. The van der Waals surface area contributed by atoms with Gasteiger partial charge < -0.3 is 11.1 Å². The summed E-state index contributed by atoms with van der Waals surface area (Å²) >= 11 is 2.13. The second-order valence-corrected chi connectivity index (χ2v) is 6.65. The molecule has 2 rings (SSSR count). The van der Waals surface area contributed by atoms with Crippen LogP contribution in [-0.4, -0.2) is 17.1 Å². The van der Waals surface area contributed by atoms with Gasteiger partial charge in [0.05, 0.1) is 10.8 Å². The van der Waals surface area contributed by atoms with Gasteiger partial charge in [-0.25, -0.2) is 8.78 Å². The molecular formula is C14H12F2N2O2S2. The number of primary amides is 1. The first-order valence-corrected chi connectivity index (χ1v) is 7.94. The maximum Gasteiger partial charge on any atom is 0.251 e. The van der Waals surface area contributed by atoms with Crippen LogP contribution in [0.2, 0.25) is 0 Å². The monoisotopic (exact) mass is 342 g/mol. The van der Waals surface area contributed by atoms with E-state index in [1.54, 1.807) is 12.3 Å². The van der Waals surface area contributed by atoms with Crippen molar-refractivity contribution in [1.29, 1.82) is 0 Å². The number of hydrogen-bond acceptors (Lipinski definition) is 4. The normalized spacial score (nSPS) is 12.0. The molecule has 1 atom stereocenters. The zero-order valence-corrected chi connectivity index (χ0v) is 13.1. The lowest BCUT2D eigenvalue weighted by atomic mass is 10.3. The molecule has 2 amide bonds. The molecule has 2 aromatic rings. The number of carbonyl (C=O) groups excluding carboxylic acids is 2. The fourth-order valence-electron chi connectivity index (χ4n) is 1.63. The molecule has 3 N–H and O–H groups in total. The van der Waals surface area contributed by atoms with Gasteiger partial charge in [0, 0.05) is 11.0 Å². The highest BCUT2D eigenvalue weighted by atomic mass is 32.2. The van der Waals surface area contributed by atoms with E-state index in [2.05, 4.69) is 5.32 Å². The number of rotatable bonds is 5. The molecule has 0 saturated carbocycles. The van der Waals surface area contributed by atoms with Crippen molar-refractivity contribution in [3.63, 3.8) is 0 Å². The van der Waals surface area contributed by atoms with Crippen LogP contribution in [0, 0.1) is 11.6 Å². The van der Waals surface area contributed by atoms with Crippen LogP contribution in [0.4, 0.5) is 13.8 Å². The van der Waals surface area contributed by atoms with Crippen molar-refractivity contribution in [3.05, 3.63) is 46.8 Å². The second-order valence-electron chi connectivity index (χ2n) is 4.35. The number of benzene rings is 1. The van der Waals surface area contributed by atoms with Crippen molar-refractivity contribution >= 4 is 39.9 Å². The highest BCUT2D eigenvalue weighted by molar-refractivity contribution is 8.00. The van der Waals surface area contributed by atoms with E-state index < -0.39 is 28.7 Å². The zero-order valence-electron chi connectivity index (χ0n) is 11.4. The highest BCUT2D eigenvalue weighted by Crippen LogP contribution is 2.29. The number of halogens is 2. The van der Waals surface area contributed by atoms with Crippen LogP contribution in [0.3, 0.4) is 0 Å². The summed E-state index contributed by atoms with van der Waals surface area (Å²) in [6, 6.07) is 4.68. The molecule has 1 aromatic carbocycles. The van der Waals surface area contributed by atoms with Gasteiger partial charge in [0.2, 0.25) is 5.91 Å². The fourth-order valence-corrected chi connectivity index (χ4v) is 3.29. The van der Waals surface area contributed by atoms with Crippen molar-refractivity contribution in [2.75, 3.05) is 5.32 Å². The number of hydrogen-bond donors (Lipinski definition) is 2. The third-order valence-electron chi connectivity index (χ3n) is 2.73. The van der Waals surface area contributed by atoms with E-state index in [-0.39, 0.29) is 10.5 Å². The average Bonchev–Trinajstić information content (AvgIpc) is 2.90. The Kier molecular flexibility index (Phi) is 5.15. The van der Waals surface area contributed by atoms with Crippen molar-refractivity contribution in [2.45, 2.75) is 17.1 Å². The van der Waals surface area contributed by atoms with E-state index in [1.807, 2.05) is 0 Å². The van der Waals surface area contributed by atoms with Gasteiger partial charge in [-0.05, 0) is 30.5 Å². The van der Waals surface area contributed by atoms with Crippen LogP contribution in [0.15, 0.2) is 34.5 Å². The van der Waals surface area contributed by atoms with Crippen LogP contribution in [0.25, 0.3) is 0 Å². The van der Waals surface area contributed by atoms with Gasteiger partial charge in [-0.2, -0.15) is 0 Å². The number of carbonyl (C=O) groups is 2. The number of amides is 2. The average molecular weight is 342 g/mol. The summed E-state index contributed by atoms with van der Waals surface area (Å²) in [5.41, 5.74) is 5.42. The van der Waals surface area contributed by atoms with Gasteiger partial charge in [0.1, 0.15) is 16.6 Å². The Hall–Kier alpha value is -1.93. The van der Waals surface area contributed by atoms with Crippen LogP contribution in [0.1, 0.15) is 17.3 Å². The Balaban J connectivity index is 2.06. The molecule has 0 bridgehead atoms. The van der Waals surface area contributed by atoms with Crippen molar-refractivity contribution in [2.24, 2.45) is 5.73 Å². The Morgan fingerprint density at radius 2 is 2.05 bits per heavy atom. The molecule has 1 heterocycles. The van der Waals surface area contributed by atoms with Crippen LogP contribution in [0.5, 0.6) is 0 Å². The van der Waals surface area contributed by atoms with Crippen molar-refractivity contribution in [3.8, 4) is 0 Å². The maximum atomic E-state index is 13.6. The molecule has 0 saturated heterocycles. The molecule has 0 fully saturated rings. The Bertz CT molecular complexity index is 719. The number of thiophene rings is 1. The van der Waals surface area contributed by atoms with E-state index in [4.69, 9.17) is 5.73 Å². The molecule has 22 heavy (non-hydrogen) atoms. The van der Waals surface area contributed by atoms with Gasteiger partial charge in [-0.15, -0.1) is 23.1 Å². The Morgan fingerprint density at radius 1 is 1.32 bits per heavy atom. The smallest absolute Gasteiger partial charge is 0.251 e. The first-order valence-electron chi connectivity index (χ1n) is 6.18. The molecule has 0 spiro atoms. The van der Waals surface area contributed by atoms with E-state index in [1.165, 1.54) is 23.5 Å². The van der Waals surface area contributed by atoms with Gasteiger partial charge in [0.25, 0.3) is 5.91 Å². The second kappa shape index (κ2) is 6.89. The molecule has 4 nitrogen and oxygen atoms in total. The molecule has 0 unspecified atom stereocenters. The lowest BCUT2D eigenvalue weighted by molar-refractivity contribution is -0.115. The number of nitrogens with two attached hydrogens (primary N) is 1. The summed E-state index contributed by atoms with van der Waals surface area (Å²) in [7, 11) is 0. The molecule has 0 aliphatic carbocycles. The number of nitrogens with one attached hydrogen (secondary N) is 1. The van der Waals surface area contributed by atoms with Gasteiger partial charge >= 0.3 is 0 Å². The molecule has 8 heteroatoms. The minimum Gasteiger partial charge on any atom is -0.366 e. The van der Waals surface area contributed by atoms with Crippen LogP contribution >= 0.6 is 23.1 Å². The van der Waals surface area contributed by atoms with Gasteiger partial charge in [-0.1, -0.05) is 0 Å². The van der Waals surface area contributed by atoms with Crippen molar-refractivity contribution < 1.29 is 18.4 Å². The Morgan fingerprint density at radius 3 is 2.68 bits per heavy atom. The fraction of sp³-hybridized carbons (Fsp3) is 0.143. The minimum atomic E-state index is -0.724. The van der Waals surface area contributed by atoms with E-state index in [9.17, 15) is 18.4 Å². The molecule has 0 aliphatic rings. The largest absolute Gasteiger partial charge is 0.366 e. The summed E-state index contributed by atoms with van der Waals surface area (Å²) < 4.78 is 26.4. The quantitative estimate of drug-likeness (QED) is 0.819. The molecule has 0 radical (unpaired) electrons. The van der Waals surface area contributed by atoms with Gasteiger partial charge in [0.15, 0.2) is 0 Å². The molecule has 1 aromatic heterocycles. The van der Waals surface area contributed by atoms with E-state index >= 15 is 0 Å². The molecule has 0 aliphatic heterocycles. The predicted octanol–water partition coefficient (Wildman–Crippen LogP) is 3.24. The lowest BCUT2D eigenvalue weighted by Crippen LogP contribution is -2.23. The Labute approximate surface area is 133 Å². The van der Waals surface area contributed by atoms with Crippen LogP contribution < -0.4 is 11.1 Å². The van der Waals surface area contributed by atoms with E-state index in [0.717, 1.165) is 23.9 Å². The zero-order chi connectivity index (χ0) is 16.3. The molecular weight excluding hydrogens is 330 g/mol. The third kappa shape index (κ3) is 3.83. The summed E-state index contributed by atoms with van der Waals surface area (Å²) in [4.78, 5) is 23.5. The van der Waals surface area contributed by atoms with E-state index in [0.29, 0.717) is 5.00 Å². The summed E-state index contributed by atoms with van der Waals surface area (Å²) in [5.74, 6) is -2.44.